The second-order valence-electron chi connectivity index (χ2n) is 2.76. The van der Waals surface area contributed by atoms with Crippen LogP contribution in [0.4, 0.5) is 0 Å². The molecule has 14 heavy (non-hydrogen) atoms. The van der Waals surface area contributed by atoms with E-state index in [1.165, 1.54) is 0 Å². The number of nitrogens with zero attached hydrogens (tertiary/aromatic N) is 2. The maximum absolute atomic E-state index is 5.76. The Morgan fingerprint density at radius 1 is 1.29 bits per heavy atom. The molecule has 2 rings (SSSR count). The van der Waals surface area contributed by atoms with E-state index in [9.17, 15) is 0 Å². The molecule has 0 fully saturated rings. The summed E-state index contributed by atoms with van der Waals surface area (Å²) in [5.41, 5.74) is 1.09. The van der Waals surface area contributed by atoms with Gasteiger partial charge in [0.1, 0.15) is 0 Å². The lowest BCUT2D eigenvalue weighted by Gasteiger charge is -1.95. The van der Waals surface area contributed by atoms with Crippen molar-refractivity contribution in [1.82, 2.24) is 10.1 Å². The molecule has 2 aromatic rings. The van der Waals surface area contributed by atoms with Crippen LogP contribution in [0.15, 0.2) is 33.5 Å². The molecule has 0 saturated heterocycles. The molecule has 0 amide bonds. The fourth-order valence-corrected chi connectivity index (χ4v) is 1.48. The smallest absolute Gasteiger partial charge is 0.238 e. The van der Waals surface area contributed by atoms with Gasteiger partial charge in [-0.15, -0.1) is 0 Å². The number of benzene rings is 1. The minimum absolute atomic E-state index is 0.474. The first-order chi connectivity index (χ1) is 6.74. The van der Waals surface area contributed by atoms with Crippen molar-refractivity contribution in [2.24, 2.45) is 0 Å². The fraction of sp³-hybridized carbons (Fsp3) is 0.111. The van der Waals surface area contributed by atoms with E-state index in [-0.39, 0.29) is 0 Å². The molecule has 0 aliphatic rings. The predicted molar refractivity (Wildman–Crippen MR) is 56.3 cm³/mol. The van der Waals surface area contributed by atoms with Gasteiger partial charge in [0, 0.05) is 5.02 Å². The van der Waals surface area contributed by atoms with E-state index < -0.39 is 0 Å². The highest BCUT2D eigenvalue weighted by Crippen LogP contribution is 2.13. The normalized spacial score (nSPS) is 10.4. The van der Waals surface area contributed by atoms with Crippen molar-refractivity contribution in [3.8, 4) is 0 Å². The van der Waals surface area contributed by atoms with Crippen LogP contribution in [0.1, 0.15) is 11.5 Å². The van der Waals surface area contributed by atoms with Crippen LogP contribution in [-0.2, 0) is 6.42 Å². The predicted octanol–water partition coefficient (Wildman–Crippen LogP) is 3.08. The van der Waals surface area contributed by atoms with Crippen LogP contribution >= 0.6 is 27.5 Å². The molecule has 5 heteroatoms. The summed E-state index contributed by atoms with van der Waals surface area (Å²) in [4.78, 5) is 4.03. The molecule has 72 valence electrons. The van der Waals surface area contributed by atoms with Gasteiger partial charge in [-0.2, -0.15) is 4.98 Å². The Bertz CT molecular complexity index is 427. The van der Waals surface area contributed by atoms with Crippen molar-refractivity contribution in [3.63, 3.8) is 0 Å². The van der Waals surface area contributed by atoms with Crippen LogP contribution in [0.25, 0.3) is 0 Å². The van der Waals surface area contributed by atoms with E-state index >= 15 is 0 Å². The van der Waals surface area contributed by atoms with E-state index in [2.05, 4.69) is 26.1 Å². The zero-order valence-electron chi connectivity index (χ0n) is 7.08. The summed E-state index contributed by atoms with van der Waals surface area (Å²) in [7, 11) is 0. The average Bonchev–Trinajstić information content (AvgIpc) is 2.56. The third kappa shape index (κ3) is 2.33. The molecular formula is C9H6BrClN2O. The van der Waals surface area contributed by atoms with Gasteiger partial charge in [-0.05, 0) is 38.8 Å². The van der Waals surface area contributed by atoms with Crippen LogP contribution in [0.2, 0.25) is 5.02 Å². The first-order valence-corrected chi connectivity index (χ1v) is 5.13. The maximum atomic E-state index is 5.76. The molecule has 0 saturated carbocycles. The van der Waals surface area contributed by atoms with Crippen molar-refractivity contribution in [1.29, 1.82) is 0 Å². The van der Waals surface area contributed by atoms with Crippen molar-refractivity contribution in [2.45, 2.75) is 6.42 Å². The molecule has 1 heterocycles. The fourth-order valence-electron chi connectivity index (χ4n) is 1.08. The first-order valence-electron chi connectivity index (χ1n) is 3.96. The third-order valence-electron chi connectivity index (χ3n) is 1.71. The molecule has 0 bridgehead atoms. The average molecular weight is 274 g/mol. The van der Waals surface area contributed by atoms with Gasteiger partial charge in [0.2, 0.25) is 10.6 Å². The summed E-state index contributed by atoms with van der Waals surface area (Å²) >= 11 is 8.88. The van der Waals surface area contributed by atoms with E-state index in [1.54, 1.807) is 0 Å². The van der Waals surface area contributed by atoms with E-state index in [0.29, 0.717) is 17.0 Å². The standard InChI is InChI=1S/C9H6BrClN2O/c10-9-12-8(14-13-9)5-6-1-3-7(11)4-2-6/h1-4H,5H2. The summed E-state index contributed by atoms with van der Waals surface area (Å²) in [6, 6.07) is 7.53. The summed E-state index contributed by atoms with van der Waals surface area (Å²) in [5.74, 6) is 0.583. The second kappa shape index (κ2) is 4.11. The summed E-state index contributed by atoms with van der Waals surface area (Å²) in [6.45, 7) is 0. The Balaban J connectivity index is 2.15. The summed E-state index contributed by atoms with van der Waals surface area (Å²) in [5, 5.41) is 4.36. The Hall–Kier alpha value is -0.870. The van der Waals surface area contributed by atoms with Gasteiger partial charge in [0.25, 0.3) is 0 Å². The van der Waals surface area contributed by atoms with Crippen LogP contribution in [0, 0.1) is 0 Å². The monoisotopic (exact) mass is 272 g/mol. The summed E-state index contributed by atoms with van der Waals surface area (Å²) in [6.07, 6.45) is 0.621. The highest BCUT2D eigenvalue weighted by molar-refractivity contribution is 9.10. The van der Waals surface area contributed by atoms with Crippen LogP contribution < -0.4 is 0 Å². The zero-order valence-corrected chi connectivity index (χ0v) is 9.42. The number of aromatic nitrogens is 2. The number of halogens is 2. The molecule has 0 spiro atoms. The van der Waals surface area contributed by atoms with E-state index in [1.807, 2.05) is 24.3 Å². The summed E-state index contributed by atoms with van der Waals surface area (Å²) < 4.78 is 5.43. The topological polar surface area (TPSA) is 38.9 Å². The van der Waals surface area contributed by atoms with Gasteiger partial charge in [0.05, 0.1) is 6.42 Å². The maximum Gasteiger partial charge on any atom is 0.238 e. The molecule has 0 unspecified atom stereocenters. The van der Waals surface area contributed by atoms with Gasteiger partial charge in [-0.3, -0.25) is 0 Å². The minimum atomic E-state index is 0.474. The van der Waals surface area contributed by atoms with Gasteiger partial charge in [-0.25, -0.2) is 0 Å². The Labute approximate surface area is 94.2 Å². The molecule has 1 aromatic carbocycles. The van der Waals surface area contributed by atoms with Gasteiger partial charge in [-0.1, -0.05) is 23.7 Å². The van der Waals surface area contributed by atoms with Gasteiger partial charge < -0.3 is 4.52 Å². The van der Waals surface area contributed by atoms with Crippen molar-refractivity contribution >= 4 is 27.5 Å². The molecule has 0 N–H and O–H groups in total. The van der Waals surface area contributed by atoms with E-state index in [4.69, 9.17) is 16.1 Å². The largest absolute Gasteiger partial charge is 0.338 e. The molecule has 0 aliphatic carbocycles. The lowest BCUT2D eigenvalue weighted by Crippen LogP contribution is -1.87. The molecule has 1 aromatic heterocycles. The second-order valence-corrected chi connectivity index (χ2v) is 3.91. The van der Waals surface area contributed by atoms with Crippen molar-refractivity contribution in [2.75, 3.05) is 0 Å². The number of rotatable bonds is 2. The minimum Gasteiger partial charge on any atom is -0.338 e. The Morgan fingerprint density at radius 2 is 2.00 bits per heavy atom. The van der Waals surface area contributed by atoms with Gasteiger partial charge in [0.15, 0.2) is 0 Å². The molecule has 3 nitrogen and oxygen atoms in total. The first kappa shape index (κ1) is 9.68. The van der Waals surface area contributed by atoms with Gasteiger partial charge >= 0.3 is 0 Å². The van der Waals surface area contributed by atoms with Crippen molar-refractivity contribution in [3.05, 3.63) is 45.5 Å². The van der Waals surface area contributed by atoms with E-state index in [0.717, 1.165) is 10.6 Å². The number of hydrogen-bond acceptors (Lipinski definition) is 3. The quantitative estimate of drug-likeness (QED) is 0.844. The van der Waals surface area contributed by atoms with Crippen LogP contribution in [-0.4, -0.2) is 10.1 Å². The highest BCUT2D eigenvalue weighted by Gasteiger charge is 2.04. The lowest BCUT2D eigenvalue weighted by molar-refractivity contribution is 0.381. The Kier molecular flexibility index (Phi) is 2.84. The lowest BCUT2D eigenvalue weighted by atomic mass is 10.1. The molecule has 0 aliphatic heterocycles. The third-order valence-corrected chi connectivity index (χ3v) is 2.29. The SMILES string of the molecule is Clc1ccc(Cc2nc(Br)no2)cc1. The highest BCUT2D eigenvalue weighted by atomic mass is 79.9. The van der Waals surface area contributed by atoms with Crippen LogP contribution in [0.5, 0.6) is 0 Å². The van der Waals surface area contributed by atoms with Crippen molar-refractivity contribution < 1.29 is 4.52 Å². The Morgan fingerprint density at radius 3 is 2.57 bits per heavy atom. The molecular weight excluding hydrogens is 267 g/mol. The zero-order chi connectivity index (χ0) is 9.97. The molecule has 0 atom stereocenters. The van der Waals surface area contributed by atoms with Crippen LogP contribution in [0.3, 0.4) is 0 Å². The number of hydrogen-bond donors (Lipinski definition) is 0. The molecule has 0 radical (unpaired) electrons.